The molecule has 8 heteroatoms. The van der Waals surface area contributed by atoms with Crippen LogP contribution in [-0.2, 0) is 26.1 Å². The average molecular weight is 365 g/mol. The maximum Gasteiger partial charge on any atom is 0.343 e. The number of benzene rings is 1. The Morgan fingerprint density at radius 2 is 1.92 bits per heavy atom. The minimum absolute atomic E-state index is 0.124. The molecule has 0 saturated heterocycles. The van der Waals surface area contributed by atoms with Crippen molar-refractivity contribution in [2.75, 3.05) is 13.3 Å². The Bertz CT molecular complexity index is 606. The van der Waals surface area contributed by atoms with Crippen molar-refractivity contribution < 1.29 is 26.9 Å². The molecule has 0 unspecified atom stereocenters. The molecule has 0 aromatic heterocycles. The number of alkyl halides is 2. The summed E-state index contributed by atoms with van der Waals surface area (Å²) in [5, 5.41) is 0. The molecule has 0 radical (unpaired) electrons. The molecule has 0 amide bonds. The van der Waals surface area contributed by atoms with Crippen LogP contribution in [0.1, 0.15) is 33.3 Å². The molecule has 1 N–H and O–H groups in total. The van der Waals surface area contributed by atoms with Crippen LogP contribution in [0, 0.1) is 5.82 Å². The number of rotatable bonds is 7. The van der Waals surface area contributed by atoms with Crippen LogP contribution in [-0.4, -0.2) is 34.4 Å². The van der Waals surface area contributed by atoms with Gasteiger partial charge in [-0.05, 0) is 33.8 Å². The van der Waals surface area contributed by atoms with E-state index in [0.29, 0.717) is 0 Å². The monoisotopic (exact) mass is 365 g/mol. The third kappa shape index (κ3) is 4.36. The van der Waals surface area contributed by atoms with E-state index in [9.17, 15) is 22.2 Å². The first-order valence-electron chi connectivity index (χ1n) is 7.41. The fourth-order valence-electron chi connectivity index (χ4n) is 1.97. The molecule has 4 nitrogen and oxygen atoms in total. The molecule has 1 rings (SSSR count). The molecule has 0 spiro atoms. The van der Waals surface area contributed by atoms with Crippen LogP contribution in [0.25, 0.3) is 0 Å². The first-order chi connectivity index (χ1) is 11.1. The molecule has 0 bridgehead atoms. The van der Waals surface area contributed by atoms with Crippen molar-refractivity contribution in [1.29, 1.82) is 0 Å². The highest BCUT2D eigenvalue weighted by molar-refractivity contribution is 7.84. The summed E-state index contributed by atoms with van der Waals surface area (Å²) >= 11 is 0. The van der Waals surface area contributed by atoms with Crippen molar-refractivity contribution in [1.82, 2.24) is 4.72 Å². The zero-order valence-corrected chi connectivity index (χ0v) is 14.9. The number of carbonyl (C=O) groups excluding carboxylic acids is 1. The van der Waals surface area contributed by atoms with Crippen molar-refractivity contribution in [3.8, 4) is 0 Å². The topological polar surface area (TPSA) is 55.4 Å². The van der Waals surface area contributed by atoms with Gasteiger partial charge in [0.25, 0.3) is 0 Å². The van der Waals surface area contributed by atoms with Gasteiger partial charge in [0.05, 0.1) is 22.3 Å². The summed E-state index contributed by atoms with van der Waals surface area (Å²) in [6.07, 6.45) is -2.58. The number of carbonyl (C=O) groups is 1. The lowest BCUT2D eigenvalue weighted by Gasteiger charge is -2.36. The minimum atomic E-state index is -2.58. The number of nitrogens with one attached hydrogen (secondary N) is 1. The highest BCUT2D eigenvalue weighted by Crippen LogP contribution is 2.33. The van der Waals surface area contributed by atoms with E-state index in [-0.39, 0.29) is 6.61 Å². The Balaban J connectivity index is 3.46. The summed E-state index contributed by atoms with van der Waals surface area (Å²) in [6.45, 7) is 4.59. The Kier molecular flexibility index (Phi) is 6.97. The van der Waals surface area contributed by atoms with Gasteiger partial charge in [-0.25, -0.2) is 26.9 Å². The molecule has 0 saturated carbocycles. The van der Waals surface area contributed by atoms with Crippen LogP contribution in [0.3, 0.4) is 0 Å². The van der Waals surface area contributed by atoms with Gasteiger partial charge in [0.1, 0.15) is 18.0 Å². The van der Waals surface area contributed by atoms with Crippen LogP contribution in [0.15, 0.2) is 24.3 Å². The van der Waals surface area contributed by atoms with Gasteiger partial charge in [-0.15, -0.1) is 0 Å². The summed E-state index contributed by atoms with van der Waals surface area (Å²) in [6, 6.07) is 4.88. The normalized spacial score (nSPS) is 17.0. The predicted octanol–water partition coefficient (Wildman–Crippen LogP) is 2.94. The molecular weight excluding hydrogens is 343 g/mol. The number of halogens is 3. The number of ether oxygens (including phenoxy) is 1. The largest absolute Gasteiger partial charge is 0.464 e. The van der Waals surface area contributed by atoms with E-state index in [1.54, 1.807) is 20.8 Å². The number of hydrogen-bond donors (Lipinski definition) is 1. The second kappa shape index (κ2) is 8.11. The van der Waals surface area contributed by atoms with Gasteiger partial charge in [0, 0.05) is 5.56 Å². The summed E-state index contributed by atoms with van der Waals surface area (Å²) in [5.74, 6) is -2.27. The Hall–Kier alpha value is -1.41. The second-order valence-corrected chi connectivity index (χ2v) is 8.15. The zero-order valence-electron chi connectivity index (χ0n) is 14.1. The molecule has 24 heavy (non-hydrogen) atoms. The lowest BCUT2D eigenvalue weighted by atomic mass is 9.87. The number of hydrogen-bond acceptors (Lipinski definition) is 3. The maximum atomic E-state index is 14.8. The third-order valence-electron chi connectivity index (χ3n) is 3.32. The van der Waals surface area contributed by atoms with Gasteiger partial charge in [0.15, 0.2) is 0 Å². The molecule has 0 aliphatic rings. The summed E-state index contributed by atoms with van der Waals surface area (Å²) < 4.78 is 61.4. The van der Waals surface area contributed by atoms with Crippen LogP contribution in [0.5, 0.6) is 0 Å². The van der Waals surface area contributed by atoms with Crippen molar-refractivity contribution in [2.24, 2.45) is 0 Å². The van der Waals surface area contributed by atoms with Gasteiger partial charge in [-0.3, -0.25) is 0 Å². The third-order valence-corrected chi connectivity index (χ3v) is 4.98. The lowest BCUT2D eigenvalue weighted by molar-refractivity contribution is -0.153. The predicted molar refractivity (Wildman–Crippen MR) is 86.6 cm³/mol. The first kappa shape index (κ1) is 20.6. The van der Waals surface area contributed by atoms with E-state index in [2.05, 4.69) is 9.46 Å². The quantitative estimate of drug-likeness (QED) is 0.756. The van der Waals surface area contributed by atoms with Crippen molar-refractivity contribution in [2.45, 2.75) is 44.2 Å². The van der Waals surface area contributed by atoms with E-state index in [4.69, 9.17) is 0 Å². The van der Waals surface area contributed by atoms with Crippen LogP contribution in [0.4, 0.5) is 13.2 Å². The first-order valence-corrected chi connectivity index (χ1v) is 8.56. The molecule has 1 aromatic rings. The summed E-state index contributed by atoms with van der Waals surface area (Å²) in [4.78, 5) is 11.8. The zero-order chi connectivity index (χ0) is 18.5. The van der Waals surface area contributed by atoms with Crippen LogP contribution in [0.2, 0.25) is 0 Å². The van der Waals surface area contributed by atoms with E-state index in [1.807, 2.05) is 0 Å². The molecule has 0 heterocycles. The van der Waals surface area contributed by atoms with Crippen LogP contribution >= 0.6 is 0 Å². The van der Waals surface area contributed by atoms with Gasteiger partial charge >= 0.3 is 5.97 Å². The van der Waals surface area contributed by atoms with Gasteiger partial charge in [-0.1, -0.05) is 18.2 Å². The molecule has 0 fully saturated rings. The maximum absolute atomic E-state index is 14.8. The Morgan fingerprint density at radius 1 is 1.33 bits per heavy atom. The minimum Gasteiger partial charge on any atom is -0.464 e. The summed E-state index contributed by atoms with van der Waals surface area (Å²) in [5.41, 5.74) is -2.87. The van der Waals surface area contributed by atoms with Crippen molar-refractivity contribution in [3.63, 3.8) is 0 Å². The SMILES string of the molecule is CCOC(=O)[C@@H](F)[C@](CF)(N[S@](=O)C(C)(C)C)c1ccccc1F. The van der Waals surface area contributed by atoms with Crippen molar-refractivity contribution >= 4 is 17.0 Å². The molecule has 1 aromatic carbocycles. The molecular formula is C16H22F3NO3S. The smallest absolute Gasteiger partial charge is 0.343 e. The van der Waals surface area contributed by atoms with E-state index < -0.39 is 51.5 Å². The molecule has 0 aliphatic heterocycles. The van der Waals surface area contributed by atoms with Gasteiger partial charge in [-0.2, -0.15) is 0 Å². The lowest BCUT2D eigenvalue weighted by Crippen LogP contribution is -2.58. The Labute approximate surface area is 142 Å². The fraction of sp³-hybridized carbons (Fsp3) is 0.562. The second-order valence-electron chi connectivity index (χ2n) is 6.18. The van der Waals surface area contributed by atoms with Crippen molar-refractivity contribution in [3.05, 3.63) is 35.6 Å². The van der Waals surface area contributed by atoms with E-state index in [0.717, 1.165) is 12.1 Å². The van der Waals surface area contributed by atoms with Crippen LogP contribution < -0.4 is 4.72 Å². The highest BCUT2D eigenvalue weighted by Gasteiger charge is 2.50. The molecule has 136 valence electrons. The van der Waals surface area contributed by atoms with Gasteiger partial charge in [0.2, 0.25) is 6.17 Å². The fourth-order valence-corrected chi connectivity index (χ4v) is 2.87. The molecule has 0 aliphatic carbocycles. The Morgan fingerprint density at radius 3 is 2.38 bits per heavy atom. The highest BCUT2D eigenvalue weighted by atomic mass is 32.2. The van der Waals surface area contributed by atoms with Gasteiger partial charge < -0.3 is 4.74 Å². The standard InChI is InChI=1S/C16H22F3NO3S/c1-5-23-14(21)13(19)16(10-17,20-24(22)15(2,3)4)11-8-6-7-9-12(11)18/h6-9,13,20H,5,10H2,1-4H3/t13-,16-,24-/m1/s1. The molecule has 3 atom stereocenters. The average Bonchev–Trinajstić information content (AvgIpc) is 2.51. The summed E-state index contributed by atoms with van der Waals surface area (Å²) in [7, 11) is -1.96. The number of esters is 1. The van der Waals surface area contributed by atoms with E-state index >= 15 is 0 Å². The van der Waals surface area contributed by atoms with E-state index in [1.165, 1.54) is 19.1 Å².